The van der Waals surface area contributed by atoms with Gasteiger partial charge < -0.3 is 25.7 Å². The van der Waals surface area contributed by atoms with Crippen molar-refractivity contribution in [2.45, 2.75) is 13.3 Å². The molecule has 0 aliphatic heterocycles. The van der Waals surface area contributed by atoms with Crippen LogP contribution in [0.1, 0.15) is 16.0 Å². The molecule has 0 aliphatic carbocycles. The Bertz CT molecular complexity index is 914. The molecule has 0 fully saturated rings. The summed E-state index contributed by atoms with van der Waals surface area (Å²) >= 11 is 1.56. The zero-order valence-corrected chi connectivity index (χ0v) is 15.4. The number of nitrogens with zero attached hydrogens (tertiary/aromatic N) is 2. The summed E-state index contributed by atoms with van der Waals surface area (Å²) < 4.78 is 16.2. The molecule has 8 heteroatoms. The maximum Gasteiger partial charge on any atom is 0.223 e. The molecule has 0 aliphatic rings. The standard InChI is InChI=1S/C17H20N4O3S/c1-8-12(25-16-13(8)15(18)20-17(19)21-16)7-9-5-10(22-2)14(24-4)11(6-9)23-3/h5-6H,7H2,1-4H3,(H4,18,19,20,21). The van der Waals surface area contributed by atoms with Crippen LogP contribution in [-0.4, -0.2) is 31.3 Å². The van der Waals surface area contributed by atoms with Gasteiger partial charge in [-0.25, -0.2) is 4.98 Å². The van der Waals surface area contributed by atoms with Gasteiger partial charge in [-0.05, 0) is 30.2 Å². The molecular weight excluding hydrogens is 340 g/mol. The molecule has 1 aromatic carbocycles. The molecule has 25 heavy (non-hydrogen) atoms. The molecule has 0 spiro atoms. The van der Waals surface area contributed by atoms with E-state index in [0.29, 0.717) is 29.5 Å². The lowest BCUT2D eigenvalue weighted by atomic mass is 10.1. The topological polar surface area (TPSA) is 106 Å². The second-order valence-electron chi connectivity index (χ2n) is 5.51. The molecule has 0 saturated carbocycles. The van der Waals surface area contributed by atoms with E-state index in [1.807, 2.05) is 19.1 Å². The van der Waals surface area contributed by atoms with Gasteiger partial charge in [-0.1, -0.05) is 0 Å². The van der Waals surface area contributed by atoms with Crippen LogP contribution < -0.4 is 25.7 Å². The fourth-order valence-corrected chi connectivity index (χ4v) is 4.05. The molecule has 0 saturated heterocycles. The number of thiophene rings is 1. The highest BCUT2D eigenvalue weighted by molar-refractivity contribution is 7.19. The minimum absolute atomic E-state index is 0.186. The third-order valence-electron chi connectivity index (χ3n) is 4.02. The Balaban J connectivity index is 2.07. The lowest BCUT2D eigenvalue weighted by Gasteiger charge is -2.14. The Morgan fingerprint density at radius 2 is 1.64 bits per heavy atom. The number of aromatic nitrogens is 2. The maximum absolute atomic E-state index is 6.01. The van der Waals surface area contributed by atoms with Crippen LogP contribution in [0.5, 0.6) is 17.2 Å². The predicted octanol–water partition coefficient (Wildman–Crippen LogP) is 2.78. The van der Waals surface area contributed by atoms with E-state index in [1.165, 1.54) is 0 Å². The van der Waals surface area contributed by atoms with Crippen LogP contribution in [0.2, 0.25) is 0 Å². The summed E-state index contributed by atoms with van der Waals surface area (Å²) in [5.74, 6) is 2.42. The Labute approximate surface area is 149 Å². The number of benzene rings is 1. The number of rotatable bonds is 5. The van der Waals surface area contributed by atoms with Crippen molar-refractivity contribution in [3.8, 4) is 17.2 Å². The average Bonchev–Trinajstić information content (AvgIpc) is 2.89. The number of hydrogen-bond donors (Lipinski definition) is 2. The van der Waals surface area contributed by atoms with Gasteiger partial charge in [0, 0.05) is 11.3 Å². The van der Waals surface area contributed by atoms with E-state index in [9.17, 15) is 0 Å². The monoisotopic (exact) mass is 360 g/mol. The number of nitrogens with two attached hydrogens (primary N) is 2. The highest BCUT2D eigenvalue weighted by Crippen LogP contribution is 2.40. The van der Waals surface area contributed by atoms with Crippen LogP contribution in [0.4, 0.5) is 11.8 Å². The Morgan fingerprint density at radius 3 is 2.20 bits per heavy atom. The number of nitrogen functional groups attached to an aromatic ring is 2. The van der Waals surface area contributed by atoms with E-state index < -0.39 is 0 Å². The first-order valence-corrected chi connectivity index (χ1v) is 8.40. The second-order valence-corrected chi connectivity index (χ2v) is 6.59. The predicted molar refractivity (Wildman–Crippen MR) is 99.9 cm³/mol. The first-order chi connectivity index (χ1) is 12.0. The smallest absolute Gasteiger partial charge is 0.223 e. The van der Waals surface area contributed by atoms with Gasteiger partial charge in [-0.15, -0.1) is 11.3 Å². The lowest BCUT2D eigenvalue weighted by Crippen LogP contribution is -1.99. The van der Waals surface area contributed by atoms with Crippen molar-refractivity contribution >= 4 is 33.3 Å². The third-order valence-corrected chi connectivity index (χ3v) is 5.21. The van der Waals surface area contributed by atoms with Crippen molar-refractivity contribution < 1.29 is 14.2 Å². The number of methoxy groups -OCH3 is 3. The van der Waals surface area contributed by atoms with E-state index in [2.05, 4.69) is 9.97 Å². The van der Waals surface area contributed by atoms with Gasteiger partial charge in [0.2, 0.25) is 11.7 Å². The molecule has 0 atom stereocenters. The van der Waals surface area contributed by atoms with Gasteiger partial charge in [-0.2, -0.15) is 4.98 Å². The summed E-state index contributed by atoms with van der Waals surface area (Å²) in [5.41, 5.74) is 13.8. The SMILES string of the molecule is COc1cc(Cc2sc3nc(N)nc(N)c3c2C)cc(OC)c1OC. The summed E-state index contributed by atoms with van der Waals surface area (Å²) in [5, 5.41) is 0.863. The summed E-state index contributed by atoms with van der Waals surface area (Å²) in [6.07, 6.45) is 0.683. The van der Waals surface area contributed by atoms with Crippen molar-refractivity contribution in [2.75, 3.05) is 32.8 Å². The van der Waals surface area contributed by atoms with Gasteiger partial charge in [-0.3, -0.25) is 0 Å². The molecule has 7 nitrogen and oxygen atoms in total. The fraction of sp³-hybridized carbons (Fsp3) is 0.294. The van der Waals surface area contributed by atoms with Crippen LogP contribution in [0, 0.1) is 6.92 Å². The van der Waals surface area contributed by atoms with E-state index in [1.54, 1.807) is 32.7 Å². The molecule has 3 aromatic rings. The minimum atomic E-state index is 0.186. The summed E-state index contributed by atoms with van der Waals surface area (Å²) in [6, 6.07) is 3.88. The highest BCUT2D eigenvalue weighted by Gasteiger charge is 2.17. The molecular formula is C17H20N4O3S. The second kappa shape index (κ2) is 6.64. The number of anilines is 2. The van der Waals surface area contributed by atoms with E-state index in [4.69, 9.17) is 25.7 Å². The van der Waals surface area contributed by atoms with Gasteiger partial charge in [0.15, 0.2) is 11.5 Å². The lowest BCUT2D eigenvalue weighted by molar-refractivity contribution is 0.324. The average molecular weight is 360 g/mol. The van der Waals surface area contributed by atoms with Crippen LogP contribution in [-0.2, 0) is 6.42 Å². The van der Waals surface area contributed by atoms with Gasteiger partial charge in [0.1, 0.15) is 10.6 Å². The quantitative estimate of drug-likeness (QED) is 0.720. The number of ether oxygens (including phenoxy) is 3. The van der Waals surface area contributed by atoms with Gasteiger partial charge in [0.25, 0.3) is 0 Å². The van der Waals surface area contributed by atoms with Crippen molar-refractivity contribution in [3.05, 3.63) is 28.1 Å². The Morgan fingerprint density at radius 1 is 1.00 bits per heavy atom. The van der Waals surface area contributed by atoms with E-state index in [0.717, 1.165) is 26.2 Å². The Kier molecular flexibility index (Phi) is 4.54. The molecule has 0 radical (unpaired) electrons. The number of fused-ring (bicyclic) bond motifs is 1. The minimum Gasteiger partial charge on any atom is -0.493 e. The van der Waals surface area contributed by atoms with Crippen LogP contribution in [0.15, 0.2) is 12.1 Å². The molecule has 132 valence electrons. The molecule has 3 rings (SSSR count). The molecule has 0 bridgehead atoms. The molecule has 0 amide bonds. The van der Waals surface area contributed by atoms with Crippen LogP contribution >= 0.6 is 11.3 Å². The van der Waals surface area contributed by atoms with Crippen LogP contribution in [0.25, 0.3) is 10.2 Å². The van der Waals surface area contributed by atoms with Crippen molar-refractivity contribution in [3.63, 3.8) is 0 Å². The first kappa shape index (κ1) is 17.1. The van der Waals surface area contributed by atoms with Crippen molar-refractivity contribution in [1.82, 2.24) is 9.97 Å². The molecule has 0 unspecified atom stereocenters. The summed E-state index contributed by atoms with van der Waals surface area (Å²) in [4.78, 5) is 10.3. The maximum atomic E-state index is 6.01. The Hall–Kier alpha value is -2.74. The third kappa shape index (κ3) is 3.00. The zero-order chi connectivity index (χ0) is 18.1. The largest absolute Gasteiger partial charge is 0.493 e. The summed E-state index contributed by atoms with van der Waals surface area (Å²) in [7, 11) is 4.79. The normalized spacial score (nSPS) is 10.9. The zero-order valence-electron chi connectivity index (χ0n) is 14.5. The van der Waals surface area contributed by atoms with Gasteiger partial charge in [0.05, 0.1) is 26.7 Å². The first-order valence-electron chi connectivity index (χ1n) is 7.58. The molecule has 2 heterocycles. The number of hydrogen-bond acceptors (Lipinski definition) is 8. The molecule has 2 aromatic heterocycles. The molecule has 4 N–H and O–H groups in total. The van der Waals surface area contributed by atoms with Crippen molar-refractivity contribution in [1.29, 1.82) is 0 Å². The van der Waals surface area contributed by atoms with E-state index in [-0.39, 0.29) is 5.95 Å². The summed E-state index contributed by atoms with van der Waals surface area (Å²) in [6.45, 7) is 2.02. The number of aryl methyl sites for hydroxylation is 1. The van der Waals surface area contributed by atoms with Crippen LogP contribution in [0.3, 0.4) is 0 Å². The van der Waals surface area contributed by atoms with Crippen molar-refractivity contribution in [2.24, 2.45) is 0 Å². The van der Waals surface area contributed by atoms with E-state index >= 15 is 0 Å². The highest BCUT2D eigenvalue weighted by atomic mass is 32.1. The fourth-order valence-electron chi connectivity index (χ4n) is 2.82. The van der Waals surface area contributed by atoms with Gasteiger partial charge >= 0.3 is 0 Å².